The molecular formula is C32H55NO2. The summed E-state index contributed by atoms with van der Waals surface area (Å²) in [6.07, 6.45) is 16.8. The molecule has 4 aliphatic carbocycles. The second-order valence-electron chi connectivity index (χ2n) is 14.1. The molecule has 0 N–H and O–H groups in total. The number of amides is 1. The molecule has 0 aliphatic heterocycles. The van der Waals surface area contributed by atoms with Gasteiger partial charge < -0.3 is 9.64 Å². The van der Waals surface area contributed by atoms with Crippen LogP contribution in [0.5, 0.6) is 0 Å². The van der Waals surface area contributed by atoms with Crippen LogP contribution in [0.3, 0.4) is 0 Å². The minimum Gasteiger partial charge on any atom is -0.446 e. The van der Waals surface area contributed by atoms with Gasteiger partial charge in [-0.05, 0) is 104 Å². The monoisotopic (exact) mass is 485 g/mol. The molecule has 9 atom stereocenters. The molecule has 3 saturated carbocycles. The van der Waals surface area contributed by atoms with Crippen molar-refractivity contribution in [2.24, 2.45) is 52.3 Å². The van der Waals surface area contributed by atoms with E-state index in [1.54, 1.807) is 24.6 Å². The van der Waals surface area contributed by atoms with E-state index >= 15 is 0 Å². The van der Waals surface area contributed by atoms with Gasteiger partial charge in [-0.1, -0.05) is 66.0 Å². The van der Waals surface area contributed by atoms with Crippen LogP contribution in [-0.4, -0.2) is 31.2 Å². The van der Waals surface area contributed by atoms with Gasteiger partial charge in [0.1, 0.15) is 6.10 Å². The van der Waals surface area contributed by atoms with E-state index in [1.807, 2.05) is 0 Å². The van der Waals surface area contributed by atoms with Crippen LogP contribution in [0.2, 0.25) is 0 Å². The van der Waals surface area contributed by atoms with Gasteiger partial charge in [0.25, 0.3) is 0 Å². The summed E-state index contributed by atoms with van der Waals surface area (Å²) in [5.41, 5.74) is 2.47. The molecule has 1 amide bonds. The van der Waals surface area contributed by atoms with E-state index in [9.17, 15) is 4.79 Å². The molecule has 0 unspecified atom stereocenters. The molecule has 4 rings (SSSR count). The number of fused-ring (bicyclic) bond motifs is 5. The van der Waals surface area contributed by atoms with Gasteiger partial charge in [0.2, 0.25) is 0 Å². The predicted octanol–water partition coefficient (Wildman–Crippen LogP) is 8.73. The van der Waals surface area contributed by atoms with Gasteiger partial charge in [0.05, 0.1) is 0 Å². The highest BCUT2D eigenvalue weighted by atomic mass is 16.6. The minimum absolute atomic E-state index is 0.0594. The molecule has 3 fully saturated rings. The molecule has 4 aliphatic rings. The summed E-state index contributed by atoms with van der Waals surface area (Å²) >= 11 is 0. The zero-order valence-corrected chi connectivity index (χ0v) is 24.2. The number of nitrogens with zero attached hydrogens (tertiary/aromatic N) is 1. The molecule has 0 bridgehead atoms. The molecule has 0 aromatic rings. The van der Waals surface area contributed by atoms with Crippen molar-refractivity contribution >= 4 is 6.09 Å². The number of carbonyl (C=O) groups excluding carboxylic acids is 1. The minimum atomic E-state index is -0.189. The third-order valence-electron chi connectivity index (χ3n) is 11.9. The van der Waals surface area contributed by atoms with Crippen LogP contribution < -0.4 is 0 Å². The highest BCUT2D eigenvalue weighted by molar-refractivity contribution is 5.67. The van der Waals surface area contributed by atoms with Gasteiger partial charge in [-0.25, -0.2) is 4.79 Å². The fourth-order valence-electron chi connectivity index (χ4n) is 9.64. The number of hydrogen-bond acceptors (Lipinski definition) is 2. The molecule has 0 heterocycles. The van der Waals surface area contributed by atoms with Crippen molar-refractivity contribution in [2.75, 3.05) is 14.1 Å². The molecule has 0 aromatic heterocycles. The third-order valence-corrected chi connectivity index (χ3v) is 11.9. The number of allylic oxidation sites excluding steroid dienone is 1. The lowest BCUT2D eigenvalue weighted by molar-refractivity contribution is -0.0591. The Bertz CT molecular complexity index is 786. The smallest absolute Gasteiger partial charge is 0.409 e. The van der Waals surface area contributed by atoms with E-state index in [2.05, 4.69) is 47.6 Å². The number of hydrogen-bond donors (Lipinski definition) is 0. The third kappa shape index (κ3) is 4.96. The van der Waals surface area contributed by atoms with Crippen LogP contribution in [0.15, 0.2) is 11.6 Å². The molecular weight excluding hydrogens is 430 g/mol. The molecule has 3 nitrogen and oxygen atoms in total. The summed E-state index contributed by atoms with van der Waals surface area (Å²) in [7, 11) is 3.56. The molecule has 0 spiro atoms. The Labute approximate surface area is 216 Å². The Kier molecular flexibility index (Phi) is 8.04. The van der Waals surface area contributed by atoms with Crippen LogP contribution >= 0.6 is 0 Å². The molecule has 35 heavy (non-hydrogen) atoms. The van der Waals surface area contributed by atoms with Gasteiger partial charge in [-0.3, -0.25) is 0 Å². The first-order valence-corrected chi connectivity index (χ1v) is 15.1. The first-order valence-electron chi connectivity index (χ1n) is 15.1. The number of ether oxygens (including phenoxy) is 1. The average Bonchev–Trinajstić information content (AvgIpc) is 3.16. The normalized spacial score (nSPS) is 40.3. The van der Waals surface area contributed by atoms with Gasteiger partial charge in [0, 0.05) is 20.5 Å². The quantitative estimate of drug-likeness (QED) is 0.337. The molecule has 200 valence electrons. The lowest BCUT2D eigenvalue weighted by atomic mass is 9.47. The maximum Gasteiger partial charge on any atom is 0.409 e. The first kappa shape index (κ1) is 27.1. The van der Waals surface area contributed by atoms with Crippen molar-refractivity contribution in [3.8, 4) is 0 Å². The molecule has 0 saturated heterocycles. The van der Waals surface area contributed by atoms with Crippen LogP contribution in [-0.2, 0) is 4.74 Å². The zero-order chi connectivity index (χ0) is 25.5. The Balaban J connectivity index is 1.44. The van der Waals surface area contributed by atoms with Gasteiger partial charge >= 0.3 is 6.09 Å². The van der Waals surface area contributed by atoms with Crippen molar-refractivity contribution in [2.45, 2.75) is 118 Å². The predicted molar refractivity (Wildman–Crippen MR) is 146 cm³/mol. The summed E-state index contributed by atoms with van der Waals surface area (Å²) < 4.78 is 5.82. The Morgan fingerprint density at radius 2 is 1.80 bits per heavy atom. The number of carbonyl (C=O) groups is 1. The van der Waals surface area contributed by atoms with Crippen LogP contribution in [0.25, 0.3) is 0 Å². The van der Waals surface area contributed by atoms with Crippen molar-refractivity contribution < 1.29 is 9.53 Å². The van der Waals surface area contributed by atoms with Crippen LogP contribution in [0, 0.1) is 52.3 Å². The van der Waals surface area contributed by atoms with Crippen molar-refractivity contribution in [3.63, 3.8) is 0 Å². The Hall–Kier alpha value is -0.990. The summed E-state index contributed by atoms with van der Waals surface area (Å²) in [4.78, 5) is 13.7. The van der Waals surface area contributed by atoms with Crippen molar-refractivity contribution in [1.29, 1.82) is 0 Å². The Morgan fingerprint density at radius 3 is 2.46 bits per heavy atom. The topological polar surface area (TPSA) is 29.5 Å². The SMILES string of the molecule is CC[C@H](CC[C@@H](C)[C@H]1CC[C@H]2[C@@H]3CC=C4C[C@@H](OC(=O)N(C)C)CC[C@]4(C)[C@H]3CC[C@]12C)C(C)C. The molecule has 0 radical (unpaired) electrons. The van der Waals surface area contributed by atoms with E-state index in [4.69, 9.17) is 4.74 Å². The molecule has 0 aromatic carbocycles. The summed E-state index contributed by atoms with van der Waals surface area (Å²) in [5, 5.41) is 0. The van der Waals surface area contributed by atoms with Gasteiger partial charge in [0.15, 0.2) is 0 Å². The summed E-state index contributed by atoms with van der Waals surface area (Å²) in [6, 6.07) is 0. The van der Waals surface area contributed by atoms with Gasteiger partial charge in [-0.2, -0.15) is 0 Å². The van der Waals surface area contributed by atoms with E-state index in [0.29, 0.717) is 10.8 Å². The summed E-state index contributed by atoms with van der Waals surface area (Å²) in [6.45, 7) is 15.1. The lowest BCUT2D eigenvalue weighted by Crippen LogP contribution is -2.51. The summed E-state index contributed by atoms with van der Waals surface area (Å²) in [5.74, 6) is 6.08. The second-order valence-corrected chi connectivity index (χ2v) is 14.1. The largest absolute Gasteiger partial charge is 0.446 e. The van der Waals surface area contributed by atoms with E-state index in [-0.39, 0.29) is 12.2 Å². The van der Waals surface area contributed by atoms with Gasteiger partial charge in [-0.15, -0.1) is 0 Å². The van der Waals surface area contributed by atoms with Crippen LogP contribution in [0.1, 0.15) is 112 Å². The first-order chi connectivity index (χ1) is 16.5. The highest BCUT2D eigenvalue weighted by Crippen LogP contribution is 2.67. The standard InChI is InChI=1S/C32H55NO2/c1-9-23(21(2)3)11-10-22(4)27-14-15-28-26-13-12-24-20-25(35-30(34)33(7)8)16-18-31(24,5)29(26)17-19-32(27,28)6/h12,21-23,25-29H,9-11,13-20H2,1-8H3/t22-,23-,25+,26+,27-,28+,29+,31+,32-/m1/s1. The lowest BCUT2D eigenvalue weighted by Gasteiger charge is -2.58. The fourth-order valence-corrected chi connectivity index (χ4v) is 9.64. The molecule has 3 heteroatoms. The van der Waals surface area contributed by atoms with E-state index in [1.165, 1.54) is 57.8 Å². The second kappa shape index (κ2) is 10.4. The number of rotatable bonds is 7. The Morgan fingerprint density at radius 1 is 1.06 bits per heavy atom. The fraction of sp³-hybridized carbons (Fsp3) is 0.906. The maximum absolute atomic E-state index is 12.1. The zero-order valence-electron chi connectivity index (χ0n) is 24.2. The van der Waals surface area contributed by atoms with E-state index < -0.39 is 0 Å². The highest BCUT2D eigenvalue weighted by Gasteiger charge is 2.59. The van der Waals surface area contributed by atoms with Crippen molar-refractivity contribution in [3.05, 3.63) is 11.6 Å². The van der Waals surface area contributed by atoms with Crippen LogP contribution in [0.4, 0.5) is 4.79 Å². The maximum atomic E-state index is 12.1. The van der Waals surface area contributed by atoms with Crippen molar-refractivity contribution in [1.82, 2.24) is 4.90 Å². The average molecular weight is 486 g/mol. The van der Waals surface area contributed by atoms with E-state index in [0.717, 1.165) is 54.3 Å².